The number of Topliss-reactive ketones (excluding diaryl/α,β-unsaturated/α-hetero) is 1. The Hall–Kier alpha value is -2.81. The lowest BCUT2D eigenvalue weighted by Crippen LogP contribution is -2.50. The molecule has 2 aromatic rings. The van der Waals surface area contributed by atoms with Gasteiger partial charge in [0.25, 0.3) is 0 Å². The number of ether oxygens (including phenoxy) is 1. The lowest BCUT2D eigenvalue weighted by molar-refractivity contribution is -0.151. The first-order valence-corrected chi connectivity index (χ1v) is 34.3. The fourth-order valence-corrected chi connectivity index (χ4v) is 18.7. The smallest absolute Gasteiger partial charge is 0.306 e. The summed E-state index contributed by atoms with van der Waals surface area (Å²) in [6.45, 7) is 21.9. The molecule has 0 spiro atoms. The Bertz CT molecular complexity index is 2490. The standard InChI is InChI=1S/C32H43NO2.C24H31NO.C9H16O.C6H15N.CHCl3/c1-31-17-15-25(35-30(34)14-9-22-6-3-4-7-22)20-24(31)10-11-26-28-13-12-27(23-8-5-19-33-21-23)32(28,2)18-16-29(26)31;1-23-11-9-18(26)14-17(23)5-6-19-21-8-7-20(16-4-3-13-25-15-16)24(21,2)12-10-22(19)23;1-8(10)6-7-9-4-2-3-5-9;1-4-7(5-2)6-3;2-1(3)4/h5,8,10,12,19,21-22,25-26,28-29H,3-4,6-7,9,11,13-18,20H2,1-2H3;3-5,7,13,15,18-19,21-22,26H,6,8-12,14H2,1-2H3;9H,2-7H2,1H3;4-6H2,1-3H3;1H/t25-,26-,28-,29-,31-,32+;18-,19-,21-,22-,23-,24+;;;/m00.../s1. The van der Waals surface area contributed by atoms with Crippen LogP contribution in [0.2, 0.25) is 0 Å². The van der Waals surface area contributed by atoms with E-state index in [0.717, 1.165) is 92.3 Å². The fraction of sp³-hybridized carbons (Fsp3) is 0.722. The highest BCUT2D eigenvalue weighted by atomic mass is 35.6. The highest BCUT2D eigenvalue weighted by Crippen LogP contribution is 2.68. The molecule has 6 fully saturated rings. The monoisotopic (exact) mass is 1180 g/mol. The number of aliphatic hydroxyl groups is 1. The number of halogens is 3. The number of hydrogen-bond acceptors (Lipinski definition) is 7. The van der Waals surface area contributed by atoms with Crippen LogP contribution >= 0.6 is 34.8 Å². The predicted molar refractivity (Wildman–Crippen MR) is 342 cm³/mol. The zero-order valence-electron chi connectivity index (χ0n) is 51.9. The van der Waals surface area contributed by atoms with Crippen LogP contribution in [0.15, 0.2) is 84.5 Å². The number of carbonyl (C=O) groups excluding carboxylic acids is 2. The molecule has 1 N–H and O–H groups in total. The van der Waals surface area contributed by atoms with Gasteiger partial charge >= 0.3 is 5.97 Å². The Morgan fingerprint density at radius 1 is 0.598 bits per heavy atom. The van der Waals surface area contributed by atoms with Gasteiger partial charge in [-0.25, -0.2) is 0 Å². The lowest BCUT2D eigenvalue weighted by atomic mass is 9.47. The van der Waals surface area contributed by atoms with Gasteiger partial charge < -0.3 is 19.5 Å². The van der Waals surface area contributed by atoms with Crippen LogP contribution in [0.5, 0.6) is 0 Å². The van der Waals surface area contributed by atoms with E-state index >= 15 is 0 Å². The van der Waals surface area contributed by atoms with Gasteiger partial charge in [-0.15, -0.1) is 0 Å². The van der Waals surface area contributed by atoms with Crippen LogP contribution < -0.4 is 0 Å². The third kappa shape index (κ3) is 15.3. The van der Waals surface area contributed by atoms with E-state index in [1.165, 1.54) is 146 Å². The molecule has 0 radical (unpaired) electrons. The number of hydrogen-bond donors (Lipinski definition) is 1. The van der Waals surface area contributed by atoms with Gasteiger partial charge in [0.1, 0.15) is 11.9 Å². The number of ketones is 1. The van der Waals surface area contributed by atoms with Crippen LogP contribution in [-0.4, -0.2) is 67.9 Å². The second-order valence-corrected chi connectivity index (χ2v) is 29.8. The molecule has 10 heteroatoms. The van der Waals surface area contributed by atoms with E-state index < -0.39 is 4.30 Å². The summed E-state index contributed by atoms with van der Waals surface area (Å²) in [6, 6.07) is 8.63. The number of esters is 1. The van der Waals surface area contributed by atoms with Crippen molar-refractivity contribution in [2.24, 2.45) is 69.0 Å². The Balaban J connectivity index is 0.000000163. The maximum Gasteiger partial charge on any atom is 0.306 e. The molecule has 7 nitrogen and oxygen atoms in total. The van der Waals surface area contributed by atoms with Crippen molar-refractivity contribution < 1.29 is 19.4 Å². The van der Waals surface area contributed by atoms with Gasteiger partial charge in [0.15, 0.2) is 4.30 Å². The number of carbonyl (C=O) groups is 2. The van der Waals surface area contributed by atoms with E-state index in [9.17, 15) is 14.7 Å². The maximum absolute atomic E-state index is 12.6. The van der Waals surface area contributed by atoms with Gasteiger partial charge in [-0.1, -0.05) is 182 Å². The number of aliphatic hydroxyl groups excluding tert-OH is 1. The Kier molecular flexibility index (Phi) is 23.6. The number of pyridine rings is 2. The van der Waals surface area contributed by atoms with E-state index in [0.29, 0.717) is 23.0 Å². The third-order valence-corrected chi connectivity index (χ3v) is 23.5. The van der Waals surface area contributed by atoms with Crippen molar-refractivity contribution in [2.45, 2.75) is 239 Å². The largest absolute Gasteiger partial charge is 0.462 e. The summed E-state index contributed by atoms with van der Waals surface area (Å²) in [6.07, 6.45) is 48.8. The van der Waals surface area contributed by atoms with Crippen LogP contribution in [0.25, 0.3) is 11.1 Å². The first-order valence-electron chi connectivity index (χ1n) is 33.0. The van der Waals surface area contributed by atoms with Crippen molar-refractivity contribution in [3.63, 3.8) is 0 Å². The normalized spacial score (nSPS) is 34.3. The molecule has 10 aliphatic carbocycles. The SMILES string of the molecule is CC(=O)CCC1CCCC1.CCN(CC)CC.C[C@]12CC[C@H](O)CC1=CC[C@@H]1[C@@H]2CC[C@]2(C)C(c3cccnc3)=CC[C@@H]12.C[C@]12CC[C@H](OC(=O)CCC3CCCC3)CC1=CC[C@@H]1[C@@H]2CC[C@]2(C)C(c3cccnc3)=CC[C@@H]12.ClC(Cl)Cl. The second kappa shape index (κ2) is 29.7. The minimum Gasteiger partial charge on any atom is -0.462 e. The molecule has 12 atom stereocenters. The topological polar surface area (TPSA) is 92.6 Å². The molecule has 0 aromatic carbocycles. The average Bonchev–Trinajstić information content (AvgIpc) is 1.78. The highest BCUT2D eigenvalue weighted by Gasteiger charge is 2.58. The quantitative estimate of drug-likeness (QED) is 0.129. The van der Waals surface area contributed by atoms with E-state index in [4.69, 9.17) is 39.5 Å². The highest BCUT2D eigenvalue weighted by molar-refractivity contribution is 6.63. The zero-order chi connectivity index (χ0) is 58.7. The molecule has 2 heterocycles. The Morgan fingerprint density at radius 3 is 1.46 bits per heavy atom. The van der Waals surface area contributed by atoms with E-state index in [-0.39, 0.29) is 29.0 Å². The maximum atomic E-state index is 12.6. The van der Waals surface area contributed by atoms with Crippen molar-refractivity contribution in [3.05, 3.63) is 95.6 Å². The van der Waals surface area contributed by atoms with Crippen molar-refractivity contribution in [3.8, 4) is 0 Å². The number of alkyl halides is 3. The Morgan fingerprint density at radius 2 is 1.04 bits per heavy atom. The van der Waals surface area contributed by atoms with Gasteiger partial charge in [0.05, 0.1) is 6.10 Å². The minimum absolute atomic E-state index is 0.0492. The molecular formula is C72H106Cl3N3O4. The molecule has 0 bridgehead atoms. The molecule has 0 amide bonds. The van der Waals surface area contributed by atoms with Gasteiger partial charge in [0.2, 0.25) is 0 Å². The second-order valence-electron chi connectivity index (χ2n) is 27.8. The van der Waals surface area contributed by atoms with Crippen molar-refractivity contribution in [1.82, 2.24) is 14.9 Å². The third-order valence-electron chi connectivity index (χ3n) is 23.5. The van der Waals surface area contributed by atoms with Gasteiger partial charge in [-0.05, 0) is 226 Å². The van der Waals surface area contributed by atoms with Crippen LogP contribution in [-0.2, 0) is 14.3 Å². The molecule has 454 valence electrons. The molecule has 10 aliphatic rings. The van der Waals surface area contributed by atoms with E-state index in [1.54, 1.807) is 29.2 Å². The molecule has 0 aliphatic heterocycles. The summed E-state index contributed by atoms with van der Waals surface area (Å²) in [5.41, 5.74) is 10.1. The Labute approximate surface area is 512 Å². The first-order chi connectivity index (χ1) is 39.4. The summed E-state index contributed by atoms with van der Waals surface area (Å²) in [5, 5.41) is 10.2. The van der Waals surface area contributed by atoms with Crippen molar-refractivity contribution in [2.75, 3.05) is 19.6 Å². The molecule has 82 heavy (non-hydrogen) atoms. The van der Waals surface area contributed by atoms with Crippen LogP contribution in [0.1, 0.15) is 233 Å². The lowest BCUT2D eigenvalue weighted by Gasteiger charge is -2.57. The molecule has 12 rings (SSSR count). The zero-order valence-corrected chi connectivity index (χ0v) is 54.2. The summed E-state index contributed by atoms with van der Waals surface area (Å²) in [4.78, 5) is 34.4. The van der Waals surface area contributed by atoms with Crippen LogP contribution in [0.4, 0.5) is 0 Å². The van der Waals surface area contributed by atoms with E-state index in [2.05, 4.69) is 118 Å². The number of nitrogens with zero attached hydrogens (tertiary/aromatic N) is 3. The summed E-state index contributed by atoms with van der Waals surface area (Å²) in [7, 11) is 0. The number of allylic oxidation sites excluding steroid dienone is 6. The minimum atomic E-state index is -0.750. The van der Waals surface area contributed by atoms with Gasteiger partial charge in [0, 0.05) is 44.0 Å². The van der Waals surface area contributed by atoms with Crippen LogP contribution in [0.3, 0.4) is 0 Å². The summed E-state index contributed by atoms with van der Waals surface area (Å²) in [5.74, 6) is 6.66. The van der Waals surface area contributed by atoms with Crippen LogP contribution in [0, 0.1) is 69.0 Å². The average molecular weight is 1180 g/mol. The first kappa shape index (κ1) is 65.2. The number of aromatic nitrogens is 2. The van der Waals surface area contributed by atoms with Crippen molar-refractivity contribution >= 4 is 57.7 Å². The molecule has 0 unspecified atom stereocenters. The molecular weight excluding hydrogens is 1080 g/mol. The molecule has 2 aromatic heterocycles. The van der Waals surface area contributed by atoms with Crippen molar-refractivity contribution in [1.29, 1.82) is 0 Å². The predicted octanol–water partition coefficient (Wildman–Crippen LogP) is 19.2. The summed E-state index contributed by atoms with van der Waals surface area (Å²) < 4.78 is 5.29. The van der Waals surface area contributed by atoms with E-state index in [1.807, 2.05) is 18.6 Å². The molecule has 0 saturated heterocycles. The van der Waals surface area contributed by atoms with Gasteiger partial charge in [-0.3, -0.25) is 14.8 Å². The number of rotatable bonds is 12. The number of fused-ring (bicyclic) bond motifs is 10. The molecule has 6 saturated carbocycles. The fourth-order valence-electron chi connectivity index (χ4n) is 18.7. The van der Waals surface area contributed by atoms with Gasteiger partial charge in [-0.2, -0.15) is 0 Å². The summed E-state index contributed by atoms with van der Waals surface area (Å²) >= 11 is 14.4.